The van der Waals surface area contributed by atoms with Crippen LogP contribution in [0.3, 0.4) is 0 Å². The summed E-state index contributed by atoms with van der Waals surface area (Å²) in [5.41, 5.74) is 5.29. The maximum absolute atomic E-state index is 12.6. The molecule has 1 aromatic carbocycles. The number of carbonyl (C=O) groups excluding carboxylic acids is 1. The number of benzene rings is 1. The molecule has 132 valence electrons. The SMILES string of the molecule is CCC(NC(=O)CC1=CSC2=NCCN12)c1ccc2c(c1)CCCC2. The maximum Gasteiger partial charge on any atom is 0.226 e. The molecule has 3 aliphatic rings. The number of hydrogen-bond donors (Lipinski definition) is 1. The van der Waals surface area contributed by atoms with Crippen LogP contribution in [0.2, 0.25) is 0 Å². The van der Waals surface area contributed by atoms with Crippen molar-refractivity contribution in [1.82, 2.24) is 10.2 Å². The van der Waals surface area contributed by atoms with Crippen molar-refractivity contribution >= 4 is 22.8 Å². The molecule has 0 radical (unpaired) electrons. The third kappa shape index (κ3) is 3.47. The number of rotatable bonds is 5. The van der Waals surface area contributed by atoms with Crippen LogP contribution in [0.25, 0.3) is 0 Å². The monoisotopic (exact) mass is 355 g/mol. The minimum atomic E-state index is 0.0982. The van der Waals surface area contributed by atoms with Crippen LogP contribution in [-0.2, 0) is 17.6 Å². The standard InChI is InChI=1S/C20H25N3OS/c1-2-18(16-8-7-14-5-3-4-6-15(14)11-16)22-19(24)12-17-13-25-20-21-9-10-23(17)20/h7-8,11,13,18H,2-6,9-10,12H2,1H3,(H,22,24). The van der Waals surface area contributed by atoms with E-state index in [0.29, 0.717) is 6.42 Å². The number of carbonyl (C=O) groups is 1. The molecule has 2 heterocycles. The summed E-state index contributed by atoms with van der Waals surface area (Å²) in [5.74, 6) is 0.101. The van der Waals surface area contributed by atoms with Crippen LogP contribution in [0.1, 0.15) is 55.3 Å². The van der Waals surface area contributed by atoms with Gasteiger partial charge < -0.3 is 10.2 Å². The van der Waals surface area contributed by atoms with Gasteiger partial charge in [0.2, 0.25) is 5.91 Å². The lowest BCUT2D eigenvalue weighted by Gasteiger charge is -2.22. The first kappa shape index (κ1) is 16.7. The first-order valence-corrected chi connectivity index (χ1v) is 10.2. The molecule has 4 rings (SSSR count). The average molecular weight is 356 g/mol. The van der Waals surface area contributed by atoms with E-state index in [-0.39, 0.29) is 11.9 Å². The van der Waals surface area contributed by atoms with Gasteiger partial charge in [-0.25, -0.2) is 0 Å². The smallest absolute Gasteiger partial charge is 0.226 e. The minimum Gasteiger partial charge on any atom is -0.349 e. The van der Waals surface area contributed by atoms with Crippen LogP contribution in [0.4, 0.5) is 0 Å². The zero-order valence-corrected chi connectivity index (χ0v) is 15.6. The molecule has 1 aliphatic carbocycles. The van der Waals surface area contributed by atoms with Crippen LogP contribution in [0.5, 0.6) is 0 Å². The van der Waals surface area contributed by atoms with Gasteiger partial charge in [0, 0.05) is 12.2 Å². The highest BCUT2D eigenvalue weighted by atomic mass is 32.2. The second-order valence-electron chi connectivity index (χ2n) is 6.98. The van der Waals surface area contributed by atoms with Crippen molar-refractivity contribution in [3.8, 4) is 0 Å². The number of amides is 1. The Kier molecular flexibility index (Phi) is 4.84. The number of hydrogen-bond acceptors (Lipinski definition) is 4. The van der Waals surface area contributed by atoms with Crippen molar-refractivity contribution in [2.75, 3.05) is 13.1 Å². The van der Waals surface area contributed by atoms with Crippen molar-refractivity contribution in [2.24, 2.45) is 4.99 Å². The molecule has 4 nitrogen and oxygen atoms in total. The first-order valence-electron chi connectivity index (χ1n) is 9.33. The number of nitrogens with zero attached hydrogens (tertiary/aromatic N) is 2. The van der Waals surface area contributed by atoms with Gasteiger partial charge in [0.05, 0.1) is 19.0 Å². The van der Waals surface area contributed by atoms with Gasteiger partial charge >= 0.3 is 0 Å². The van der Waals surface area contributed by atoms with E-state index in [2.05, 4.69) is 45.7 Å². The number of aliphatic imine (C=N–C) groups is 1. The lowest BCUT2D eigenvalue weighted by molar-refractivity contribution is -0.121. The van der Waals surface area contributed by atoms with Crippen LogP contribution in [0, 0.1) is 0 Å². The molecule has 1 unspecified atom stereocenters. The van der Waals surface area contributed by atoms with E-state index in [0.717, 1.165) is 30.4 Å². The molecule has 1 amide bonds. The molecule has 0 saturated carbocycles. The fourth-order valence-corrected chi connectivity index (χ4v) is 4.87. The Hall–Kier alpha value is -1.75. The highest BCUT2D eigenvalue weighted by molar-refractivity contribution is 8.16. The Morgan fingerprint density at radius 2 is 2.16 bits per heavy atom. The molecule has 0 saturated heterocycles. The number of aryl methyl sites for hydroxylation is 2. The summed E-state index contributed by atoms with van der Waals surface area (Å²) in [7, 11) is 0. The predicted molar refractivity (Wildman–Crippen MR) is 104 cm³/mol. The topological polar surface area (TPSA) is 44.7 Å². The third-order valence-corrected chi connectivity index (χ3v) is 6.26. The van der Waals surface area contributed by atoms with Crippen molar-refractivity contribution in [1.29, 1.82) is 0 Å². The summed E-state index contributed by atoms with van der Waals surface area (Å²) >= 11 is 1.63. The van der Waals surface area contributed by atoms with Crippen molar-refractivity contribution in [2.45, 2.75) is 51.5 Å². The van der Waals surface area contributed by atoms with Crippen LogP contribution >= 0.6 is 11.8 Å². The molecule has 0 bridgehead atoms. The molecule has 5 heteroatoms. The van der Waals surface area contributed by atoms with Crippen LogP contribution in [-0.4, -0.2) is 29.1 Å². The van der Waals surface area contributed by atoms with Crippen molar-refractivity contribution in [3.05, 3.63) is 46.0 Å². The van der Waals surface area contributed by atoms with E-state index < -0.39 is 0 Å². The summed E-state index contributed by atoms with van der Waals surface area (Å²) in [4.78, 5) is 19.2. The molecule has 1 atom stereocenters. The maximum atomic E-state index is 12.6. The Balaban J connectivity index is 1.41. The van der Waals surface area contributed by atoms with Crippen molar-refractivity contribution < 1.29 is 4.79 Å². The normalized spacial score (nSPS) is 19.8. The summed E-state index contributed by atoms with van der Waals surface area (Å²) in [6.45, 7) is 3.89. The molecule has 0 spiro atoms. The second kappa shape index (κ2) is 7.24. The Morgan fingerprint density at radius 1 is 1.32 bits per heavy atom. The van der Waals surface area contributed by atoms with Gasteiger partial charge in [-0.1, -0.05) is 36.9 Å². The molecular formula is C20H25N3OS. The summed E-state index contributed by atoms with van der Waals surface area (Å²) < 4.78 is 0. The molecule has 1 aromatic rings. The van der Waals surface area contributed by atoms with Gasteiger partial charge in [-0.05, 0) is 54.2 Å². The fourth-order valence-electron chi connectivity index (χ4n) is 3.92. The number of amidine groups is 1. The largest absolute Gasteiger partial charge is 0.349 e. The predicted octanol–water partition coefficient (Wildman–Crippen LogP) is 3.78. The zero-order valence-electron chi connectivity index (χ0n) is 14.8. The van der Waals surface area contributed by atoms with Gasteiger partial charge in [0.1, 0.15) is 0 Å². The third-order valence-electron chi connectivity index (χ3n) is 5.31. The second-order valence-corrected chi connectivity index (χ2v) is 7.82. The number of nitrogens with one attached hydrogen (secondary N) is 1. The van der Waals surface area contributed by atoms with Gasteiger partial charge in [0.25, 0.3) is 0 Å². The van der Waals surface area contributed by atoms with E-state index >= 15 is 0 Å². The van der Waals surface area contributed by atoms with E-state index in [1.54, 1.807) is 11.8 Å². The quantitative estimate of drug-likeness (QED) is 0.874. The summed E-state index contributed by atoms with van der Waals surface area (Å²) in [5, 5.41) is 6.35. The molecule has 2 aliphatic heterocycles. The van der Waals surface area contributed by atoms with E-state index in [9.17, 15) is 4.79 Å². The highest BCUT2D eigenvalue weighted by Crippen LogP contribution is 2.31. The van der Waals surface area contributed by atoms with E-state index in [4.69, 9.17) is 0 Å². The lowest BCUT2D eigenvalue weighted by atomic mass is 9.89. The van der Waals surface area contributed by atoms with Crippen LogP contribution < -0.4 is 5.32 Å². The Labute approximate surface area is 153 Å². The van der Waals surface area contributed by atoms with E-state index in [1.165, 1.54) is 42.4 Å². The fraction of sp³-hybridized carbons (Fsp3) is 0.500. The summed E-state index contributed by atoms with van der Waals surface area (Å²) in [6, 6.07) is 6.89. The number of fused-ring (bicyclic) bond motifs is 2. The first-order chi connectivity index (χ1) is 12.2. The van der Waals surface area contributed by atoms with Gasteiger partial charge in [-0.3, -0.25) is 9.79 Å². The Morgan fingerprint density at radius 3 is 3.00 bits per heavy atom. The Bertz CT molecular complexity index is 740. The van der Waals surface area contributed by atoms with Gasteiger partial charge in [-0.2, -0.15) is 0 Å². The van der Waals surface area contributed by atoms with Gasteiger partial charge in [0.15, 0.2) is 5.17 Å². The summed E-state index contributed by atoms with van der Waals surface area (Å²) in [6.07, 6.45) is 6.31. The lowest BCUT2D eigenvalue weighted by Crippen LogP contribution is -2.31. The van der Waals surface area contributed by atoms with Gasteiger partial charge in [-0.15, -0.1) is 0 Å². The molecule has 0 aromatic heterocycles. The number of thioether (sulfide) groups is 1. The highest BCUT2D eigenvalue weighted by Gasteiger charge is 2.28. The average Bonchev–Trinajstić information content (AvgIpc) is 3.24. The molecule has 0 fully saturated rings. The van der Waals surface area contributed by atoms with E-state index in [1.807, 2.05) is 0 Å². The zero-order chi connectivity index (χ0) is 17.2. The van der Waals surface area contributed by atoms with Crippen LogP contribution in [0.15, 0.2) is 34.3 Å². The van der Waals surface area contributed by atoms with Crippen molar-refractivity contribution in [3.63, 3.8) is 0 Å². The molecule has 1 N–H and O–H groups in total. The minimum absolute atomic E-state index is 0.0982. The molecular weight excluding hydrogens is 330 g/mol. The molecule has 25 heavy (non-hydrogen) atoms.